The zero-order valence-corrected chi connectivity index (χ0v) is 18.7. The molecule has 7 heteroatoms. The minimum absolute atomic E-state index is 0.102. The Balaban J connectivity index is 1.41. The van der Waals surface area contributed by atoms with E-state index in [1.54, 1.807) is 12.1 Å². The Kier molecular flexibility index (Phi) is 6.50. The summed E-state index contributed by atoms with van der Waals surface area (Å²) in [6.07, 6.45) is 5.04. The number of aliphatic imine (C=N–C) groups is 1. The fourth-order valence-electron chi connectivity index (χ4n) is 3.56. The van der Waals surface area contributed by atoms with Gasteiger partial charge in [0.25, 0.3) is 5.91 Å². The number of amides is 1. The van der Waals surface area contributed by atoms with E-state index in [9.17, 15) is 4.79 Å². The highest BCUT2D eigenvalue weighted by atomic mass is 31.1. The van der Waals surface area contributed by atoms with Gasteiger partial charge >= 0.3 is 0 Å². The topological polar surface area (TPSA) is 74.8 Å². The van der Waals surface area contributed by atoms with Crippen molar-refractivity contribution in [2.24, 2.45) is 4.99 Å². The Morgan fingerprint density at radius 1 is 1.39 bits per heavy atom. The van der Waals surface area contributed by atoms with Crippen LogP contribution in [0.2, 0.25) is 0 Å². The molecule has 2 heterocycles. The van der Waals surface area contributed by atoms with Crippen molar-refractivity contribution >= 4 is 32.1 Å². The monoisotopic (exact) mass is 434 g/mol. The van der Waals surface area contributed by atoms with Crippen LogP contribution < -0.4 is 20.7 Å². The molecule has 1 amide bonds. The SMILES string of the molecule is C=C1PC(NC(C)c2cccc(NC(=O)c3ccc4c(c3)OCN4)c2)C=N/C1=C/CC. The third-order valence-corrected chi connectivity index (χ3v) is 6.44. The molecule has 2 aliphatic rings. The quantitative estimate of drug-likeness (QED) is 0.543. The maximum atomic E-state index is 12.7. The Bertz CT molecular complexity index is 1060. The van der Waals surface area contributed by atoms with Gasteiger partial charge in [-0.15, -0.1) is 0 Å². The molecule has 2 aromatic rings. The fourth-order valence-corrected chi connectivity index (χ4v) is 4.73. The molecule has 6 nitrogen and oxygen atoms in total. The first kappa shape index (κ1) is 21.3. The Morgan fingerprint density at radius 3 is 3.06 bits per heavy atom. The Hall–Kier alpha value is -2.95. The number of hydrogen-bond acceptors (Lipinski definition) is 5. The van der Waals surface area contributed by atoms with Crippen LogP contribution in [0.5, 0.6) is 5.75 Å². The van der Waals surface area contributed by atoms with Crippen LogP contribution in [0.3, 0.4) is 0 Å². The molecular weight excluding hydrogens is 407 g/mol. The summed E-state index contributed by atoms with van der Waals surface area (Å²) in [5, 5.41) is 10.8. The van der Waals surface area contributed by atoms with Crippen molar-refractivity contribution in [1.82, 2.24) is 5.32 Å². The molecule has 0 radical (unpaired) electrons. The summed E-state index contributed by atoms with van der Waals surface area (Å²) >= 11 is 0. The summed E-state index contributed by atoms with van der Waals surface area (Å²) in [7, 11) is 0.562. The normalized spacial score (nSPS) is 20.3. The zero-order valence-electron chi connectivity index (χ0n) is 17.7. The molecule has 0 saturated carbocycles. The smallest absolute Gasteiger partial charge is 0.255 e. The Labute approximate surface area is 184 Å². The van der Waals surface area contributed by atoms with Crippen LogP contribution in [0, 0.1) is 0 Å². The number of hydrogen-bond donors (Lipinski definition) is 3. The van der Waals surface area contributed by atoms with E-state index >= 15 is 0 Å². The number of ether oxygens (including phenoxy) is 1. The van der Waals surface area contributed by atoms with Gasteiger partial charge in [0.15, 0.2) is 6.73 Å². The molecule has 0 aromatic heterocycles. The van der Waals surface area contributed by atoms with Crippen molar-refractivity contribution in [2.45, 2.75) is 32.1 Å². The second-order valence-corrected chi connectivity index (χ2v) is 9.03. The van der Waals surface area contributed by atoms with Gasteiger partial charge in [0.1, 0.15) is 5.75 Å². The number of nitrogens with zero attached hydrogens (tertiary/aromatic N) is 1. The number of anilines is 2. The van der Waals surface area contributed by atoms with Crippen LogP contribution in [0.25, 0.3) is 0 Å². The molecule has 2 aliphatic heterocycles. The van der Waals surface area contributed by atoms with Crippen molar-refractivity contribution in [1.29, 1.82) is 0 Å². The lowest BCUT2D eigenvalue weighted by Crippen LogP contribution is -2.30. The van der Waals surface area contributed by atoms with Crippen molar-refractivity contribution < 1.29 is 9.53 Å². The minimum atomic E-state index is -0.163. The molecule has 3 unspecified atom stereocenters. The Morgan fingerprint density at radius 2 is 2.26 bits per heavy atom. The molecule has 31 heavy (non-hydrogen) atoms. The average Bonchev–Trinajstić information content (AvgIpc) is 3.24. The first-order valence-electron chi connectivity index (χ1n) is 10.4. The molecule has 0 fully saturated rings. The van der Waals surface area contributed by atoms with E-state index in [4.69, 9.17) is 4.74 Å². The van der Waals surface area contributed by atoms with E-state index in [2.05, 4.69) is 53.5 Å². The highest BCUT2D eigenvalue weighted by molar-refractivity contribution is 7.45. The van der Waals surface area contributed by atoms with Gasteiger partial charge < -0.3 is 15.4 Å². The molecule has 0 bridgehead atoms. The largest absolute Gasteiger partial charge is 0.471 e. The first-order valence-corrected chi connectivity index (χ1v) is 11.5. The molecule has 4 rings (SSSR count). The number of rotatable bonds is 6. The zero-order chi connectivity index (χ0) is 21.8. The highest BCUT2D eigenvalue weighted by Gasteiger charge is 2.19. The molecular formula is C24H27N4O2P. The number of carbonyl (C=O) groups is 1. The molecule has 0 spiro atoms. The summed E-state index contributed by atoms with van der Waals surface area (Å²) in [5.74, 6) is 0.700. The third kappa shape index (κ3) is 5.04. The number of allylic oxidation sites excluding steroid dienone is 2. The highest BCUT2D eigenvalue weighted by Crippen LogP contribution is 2.37. The number of carbonyl (C=O) groups excluding carboxylic acids is 1. The summed E-state index contributed by atoms with van der Waals surface area (Å²) in [4.78, 5) is 17.3. The van der Waals surface area contributed by atoms with Crippen LogP contribution in [0.4, 0.5) is 11.4 Å². The molecule has 160 valence electrons. The first-order chi connectivity index (χ1) is 15.0. The van der Waals surface area contributed by atoms with Gasteiger partial charge in [-0.3, -0.25) is 15.1 Å². The minimum Gasteiger partial charge on any atom is -0.471 e. The summed E-state index contributed by atoms with van der Waals surface area (Å²) in [5.41, 5.74) is 4.33. The van der Waals surface area contributed by atoms with Crippen LogP contribution in [-0.2, 0) is 0 Å². The molecule has 3 atom stereocenters. The maximum Gasteiger partial charge on any atom is 0.255 e. The van der Waals surface area contributed by atoms with E-state index in [0.29, 0.717) is 26.6 Å². The van der Waals surface area contributed by atoms with Gasteiger partial charge in [-0.1, -0.05) is 40.3 Å². The lowest BCUT2D eigenvalue weighted by molar-refractivity contribution is 0.102. The van der Waals surface area contributed by atoms with E-state index < -0.39 is 0 Å². The summed E-state index contributed by atoms with van der Waals surface area (Å²) in [6, 6.07) is 13.4. The van der Waals surface area contributed by atoms with Gasteiger partial charge in [-0.2, -0.15) is 0 Å². The standard InChI is InChI=1S/C24H27N4O2P/c1-4-6-20-16(3)31-23(13-25-20)27-15(2)17-7-5-8-19(11-17)28-24(29)18-9-10-21-22(12-18)30-14-26-21/h5-13,15,23,26-27,31H,3-4,14H2,1-2H3,(H,28,29)/b20-6+. The summed E-state index contributed by atoms with van der Waals surface area (Å²) < 4.78 is 5.47. The predicted molar refractivity (Wildman–Crippen MR) is 130 cm³/mol. The van der Waals surface area contributed by atoms with Gasteiger partial charge in [-0.05, 0) is 54.6 Å². The fraction of sp³-hybridized carbons (Fsp3) is 0.250. The van der Waals surface area contributed by atoms with Crippen molar-refractivity contribution in [3.8, 4) is 5.75 Å². The van der Waals surface area contributed by atoms with Crippen LogP contribution >= 0.6 is 8.58 Å². The second kappa shape index (κ2) is 9.46. The molecule has 0 aliphatic carbocycles. The number of fused-ring (bicyclic) bond motifs is 1. The lowest BCUT2D eigenvalue weighted by atomic mass is 10.1. The van der Waals surface area contributed by atoms with Gasteiger partial charge in [0.2, 0.25) is 0 Å². The second-order valence-electron chi connectivity index (χ2n) is 7.52. The van der Waals surface area contributed by atoms with Crippen LogP contribution in [0.1, 0.15) is 42.2 Å². The average molecular weight is 434 g/mol. The maximum absolute atomic E-state index is 12.7. The molecule has 0 saturated heterocycles. The van der Waals surface area contributed by atoms with Crippen molar-refractivity contribution in [3.63, 3.8) is 0 Å². The van der Waals surface area contributed by atoms with Gasteiger partial charge in [0.05, 0.1) is 17.2 Å². The molecule has 3 N–H and O–H groups in total. The van der Waals surface area contributed by atoms with Gasteiger partial charge in [0, 0.05) is 23.5 Å². The summed E-state index contributed by atoms with van der Waals surface area (Å²) in [6.45, 7) is 8.82. The van der Waals surface area contributed by atoms with Crippen molar-refractivity contribution in [2.75, 3.05) is 17.4 Å². The lowest BCUT2D eigenvalue weighted by Gasteiger charge is -2.25. The number of benzene rings is 2. The van der Waals surface area contributed by atoms with Crippen LogP contribution in [-0.4, -0.2) is 24.6 Å². The van der Waals surface area contributed by atoms with E-state index in [1.807, 2.05) is 30.5 Å². The van der Waals surface area contributed by atoms with Gasteiger partial charge in [-0.25, -0.2) is 0 Å². The van der Waals surface area contributed by atoms with Crippen LogP contribution in [0.15, 0.2) is 71.1 Å². The number of nitrogens with one attached hydrogen (secondary N) is 3. The molecule has 2 aromatic carbocycles. The van der Waals surface area contributed by atoms with E-state index in [1.165, 1.54) is 0 Å². The third-order valence-electron chi connectivity index (χ3n) is 5.21. The van der Waals surface area contributed by atoms with E-state index in [-0.39, 0.29) is 17.7 Å². The van der Waals surface area contributed by atoms with E-state index in [0.717, 1.165) is 34.4 Å². The predicted octanol–water partition coefficient (Wildman–Crippen LogP) is 5.25. The van der Waals surface area contributed by atoms with Crippen molar-refractivity contribution in [3.05, 3.63) is 77.3 Å².